The van der Waals surface area contributed by atoms with E-state index in [0.717, 1.165) is 12.8 Å². The molecule has 0 saturated heterocycles. The quantitative estimate of drug-likeness (QED) is 0.310. The van der Waals surface area contributed by atoms with Gasteiger partial charge < -0.3 is 9.47 Å². The Hall–Kier alpha value is -2.10. The lowest BCUT2D eigenvalue weighted by Gasteiger charge is -2.12. The van der Waals surface area contributed by atoms with E-state index in [-0.39, 0.29) is 12.1 Å². The summed E-state index contributed by atoms with van der Waals surface area (Å²) < 4.78 is 9.48. The molecule has 0 aliphatic heterocycles. The predicted octanol–water partition coefficient (Wildman–Crippen LogP) is 4.33. The Kier molecular flexibility index (Phi) is 7.87. The van der Waals surface area contributed by atoms with Crippen LogP contribution in [0.3, 0.4) is 0 Å². The molecule has 0 spiro atoms. The molecule has 1 rings (SSSR count). The minimum atomic E-state index is -0.675. The molecule has 0 N–H and O–H groups in total. The standard InChI is InChI=1S/C17H23NO3/c1-4-16(21-17(19)20-3)12-8-9-13-18-14(2)15-10-6-5-7-11-15/h4-7,10-11,13-14,16H,1,8-9,12H2,2-3H3. The average molecular weight is 289 g/mol. The van der Waals surface area contributed by atoms with Crippen molar-refractivity contribution < 1.29 is 14.3 Å². The maximum atomic E-state index is 11.0. The summed E-state index contributed by atoms with van der Waals surface area (Å²) in [5, 5.41) is 0. The van der Waals surface area contributed by atoms with Crippen molar-refractivity contribution in [2.45, 2.75) is 38.3 Å². The lowest BCUT2D eigenvalue weighted by molar-refractivity contribution is 0.0497. The fourth-order valence-electron chi connectivity index (χ4n) is 1.86. The minimum absolute atomic E-state index is 0.160. The van der Waals surface area contributed by atoms with Gasteiger partial charge in [-0.15, -0.1) is 0 Å². The Labute approximate surface area is 126 Å². The van der Waals surface area contributed by atoms with Crippen LogP contribution in [-0.4, -0.2) is 25.6 Å². The first-order chi connectivity index (χ1) is 10.2. The van der Waals surface area contributed by atoms with Crippen LogP contribution in [0.4, 0.5) is 4.79 Å². The first kappa shape index (κ1) is 17.0. The number of methoxy groups -OCH3 is 1. The van der Waals surface area contributed by atoms with Crippen LogP contribution in [0.2, 0.25) is 0 Å². The van der Waals surface area contributed by atoms with Gasteiger partial charge >= 0.3 is 6.16 Å². The highest BCUT2D eigenvalue weighted by atomic mass is 16.7. The fraction of sp³-hybridized carbons (Fsp3) is 0.412. The van der Waals surface area contributed by atoms with Crippen molar-refractivity contribution in [1.82, 2.24) is 0 Å². The zero-order valence-corrected chi connectivity index (χ0v) is 12.7. The zero-order chi connectivity index (χ0) is 15.5. The maximum absolute atomic E-state index is 11.0. The van der Waals surface area contributed by atoms with Crippen LogP contribution in [0.15, 0.2) is 48.0 Å². The van der Waals surface area contributed by atoms with Crippen molar-refractivity contribution in [1.29, 1.82) is 0 Å². The van der Waals surface area contributed by atoms with Gasteiger partial charge in [0.25, 0.3) is 0 Å². The van der Waals surface area contributed by atoms with E-state index in [2.05, 4.69) is 35.4 Å². The molecule has 0 saturated carbocycles. The van der Waals surface area contributed by atoms with Gasteiger partial charge in [0.05, 0.1) is 13.2 Å². The van der Waals surface area contributed by atoms with E-state index in [9.17, 15) is 4.79 Å². The number of aliphatic imine (C=N–C) groups is 1. The first-order valence-corrected chi connectivity index (χ1v) is 7.11. The Morgan fingerprint density at radius 1 is 1.38 bits per heavy atom. The summed E-state index contributed by atoms with van der Waals surface area (Å²) in [6.45, 7) is 5.72. The maximum Gasteiger partial charge on any atom is 0.508 e. The van der Waals surface area contributed by atoms with E-state index in [1.807, 2.05) is 24.4 Å². The van der Waals surface area contributed by atoms with E-state index in [4.69, 9.17) is 4.74 Å². The molecule has 0 heterocycles. The summed E-state index contributed by atoms with van der Waals surface area (Å²) in [5.74, 6) is 0. The van der Waals surface area contributed by atoms with Crippen LogP contribution < -0.4 is 0 Å². The number of unbranched alkanes of at least 4 members (excludes halogenated alkanes) is 1. The van der Waals surface area contributed by atoms with Gasteiger partial charge in [-0.2, -0.15) is 0 Å². The third-order valence-electron chi connectivity index (χ3n) is 3.11. The molecule has 1 aromatic rings. The monoisotopic (exact) mass is 289 g/mol. The molecule has 0 aromatic heterocycles. The molecule has 0 fully saturated rings. The summed E-state index contributed by atoms with van der Waals surface area (Å²) in [4.78, 5) is 15.5. The number of nitrogens with zero attached hydrogens (tertiary/aromatic N) is 1. The number of carbonyl (C=O) groups is 1. The second-order valence-corrected chi connectivity index (χ2v) is 4.70. The number of ether oxygens (including phenoxy) is 2. The summed E-state index contributed by atoms with van der Waals surface area (Å²) in [6.07, 6.45) is 4.98. The minimum Gasteiger partial charge on any atom is -0.438 e. The molecule has 114 valence electrons. The molecule has 2 atom stereocenters. The number of hydrogen-bond acceptors (Lipinski definition) is 4. The third-order valence-corrected chi connectivity index (χ3v) is 3.11. The van der Waals surface area contributed by atoms with Crippen LogP contribution in [0.25, 0.3) is 0 Å². The van der Waals surface area contributed by atoms with E-state index >= 15 is 0 Å². The van der Waals surface area contributed by atoms with Crippen molar-refractivity contribution in [2.24, 2.45) is 4.99 Å². The first-order valence-electron chi connectivity index (χ1n) is 7.11. The fourth-order valence-corrected chi connectivity index (χ4v) is 1.86. The summed E-state index contributed by atoms with van der Waals surface area (Å²) >= 11 is 0. The predicted molar refractivity (Wildman–Crippen MR) is 84.7 cm³/mol. The van der Waals surface area contributed by atoms with Gasteiger partial charge in [0.1, 0.15) is 6.10 Å². The number of carbonyl (C=O) groups excluding carboxylic acids is 1. The van der Waals surface area contributed by atoms with Gasteiger partial charge in [-0.1, -0.05) is 43.0 Å². The van der Waals surface area contributed by atoms with Gasteiger partial charge in [0, 0.05) is 0 Å². The van der Waals surface area contributed by atoms with Crippen LogP contribution in [0.1, 0.15) is 37.8 Å². The van der Waals surface area contributed by atoms with Crippen molar-refractivity contribution in [3.8, 4) is 0 Å². The van der Waals surface area contributed by atoms with Crippen molar-refractivity contribution in [3.05, 3.63) is 48.6 Å². The van der Waals surface area contributed by atoms with Gasteiger partial charge in [-0.25, -0.2) is 4.79 Å². The van der Waals surface area contributed by atoms with Crippen LogP contribution in [-0.2, 0) is 9.47 Å². The molecule has 0 radical (unpaired) electrons. The third kappa shape index (κ3) is 6.75. The highest BCUT2D eigenvalue weighted by Gasteiger charge is 2.10. The topological polar surface area (TPSA) is 47.9 Å². The molecule has 4 nitrogen and oxygen atoms in total. The lowest BCUT2D eigenvalue weighted by atomic mass is 10.1. The van der Waals surface area contributed by atoms with Crippen molar-refractivity contribution >= 4 is 12.4 Å². The number of rotatable bonds is 8. The van der Waals surface area contributed by atoms with Crippen LogP contribution in [0, 0.1) is 0 Å². The number of hydrogen-bond donors (Lipinski definition) is 0. The zero-order valence-electron chi connectivity index (χ0n) is 12.7. The molecule has 2 unspecified atom stereocenters. The summed E-state index contributed by atoms with van der Waals surface area (Å²) in [5.41, 5.74) is 1.20. The Balaban J connectivity index is 2.28. The van der Waals surface area contributed by atoms with E-state index in [0.29, 0.717) is 6.42 Å². The average Bonchev–Trinajstić information content (AvgIpc) is 2.53. The van der Waals surface area contributed by atoms with Gasteiger partial charge in [0.15, 0.2) is 0 Å². The SMILES string of the molecule is C=CC(CCCC=NC(C)c1ccccc1)OC(=O)OC. The van der Waals surface area contributed by atoms with Gasteiger partial charge in [-0.05, 0) is 38.0 Å². The molecular formula is C17H23NO3. The van der Waals surface area contributed by atoms with Crippen LogP contribution >= 0.6 is 0 Å². The number of benzene rings is 1. The highest BCUT2D eigenvalue weighted by Crippen LogP contribution is 2.15. The molecule has 0 amide bonds. The molecule has 0 aliphatic rings. The molecular weight excluding hydrogens is 266 g/mol. The van der Waals surface area contributed by atoms with Gasteiger partial charge in [-0.3, -0.25) is 4.99 Å². The Bertz CT molecular complexity index is 456. The molecule has 4 heteroatoms. The molecule has 21 heavy (non-hydrogen) atoms. The Morgan fingerprint density at radius 2 is 2.10 bits per heavy atom. The van der Waals surface area contributed by atoms with Crippen molar-refractivity contribution in [2.75, 3.05) is 7.11 Å². The lowest BCUT2D eigenvalue weighted by Crippen LogP contribution is -2.15. The van der Waals surface area contributed by atoms with E-state index in [1.165, 1.54) is 12.7 Å². The summed E-state index contributed by atoms with van der Waals surface area (Å²) in [7, 11) is 1.29. The smallest absolute Gasteiger partial charge is 0.438 e. The van der Waals surface area contributed by atoms with E-state index in [1.54, 1.807) is 6.08 Å². The molecule has 1 aromatic carbocycles. The molecule has 0 bridgehead atoms. The second-order valence-electron chi connectivity index (χ2n) is 4.70. The largest absolute Gasteiger partial charge is 0.508 e. The second kappa shape index (κ2) is 9.75. The van der Waals surface area contributed by atoms with Crippen LogP contribution in [0.5, 0.6) is 0 Å². The van der Waals surface area contributed by atoms with Gasteiger partial charge in [0.2, 0.25) is 0 Å². The normalized spacial score (nSPS) is 13.6. The summed E-state index contributed by atoms with van der Waals surface area (Å²) in [6, 6.07) is 10.3. The van der Waals surface area contributed by atoms with Crippen molar-refractivity contribution in [3.63, 3.8) is 0 Å². The molecule has 0 aliphatic carbocycles. The highest BCUT2D eigenvalue weighted by molar-refractivity contribution is 5.60. The Morgan fingerprint density at radius 3 is 2.71 bits per heavy atom. The van der Waals surface area contributed by atoms with E-state index < -0.39 is 6.16 Å².